The highest BCUT2D eigenvalue weighted by Crippen LogP contribution is 2.04. The Bertz CT molecular complexity index is 372. The number of piperazine rings is 1. The Kier molecular flexibility index (Phi) is 13.9. The third-order valence-corrected chi connectivity index (χ3v) is 5.00. The van der Waals surface area contributed by atoms with Gasteiger partial charge in [-0.1, -0.05) is 6.92 Å². The minimum absolute atomic E-state index is 0. The van der Waals surface area contributed by atoms with Crippen LogP contribution in [0.2, 0.25) is 0 Å². The minimum atomic E-state index is 0. The molecule has 1 aliphatic rings. The fourth-order valence-corrected chi connectivity index (χ4v) is 3.44. The first-order valence-corrected chi connectivity index (χ1v) is 9.94. The molecule has 0 radical (unpaired) electrons. The second kappa shape index (κ2) is 14.0. The van der Waals surface area contributed by atoms with Crippen LogP contribution in [-0.4, -0.2) is 99.2 Å². The molecule has 1 unspecified atom stereocenters. The molecule has 1 atom stereocenters. The molecule has 1 rings (SSSR count). The summed E-state index contributed by atoms with van der Waals surface area (Å²) in [5.41, 5.74) is 0. The standard InChI is InChI=1S/C19H42N6.HI/c1-16(2)25(17(3)4)9-8-21-19(20-6)22-14-18(5)15-24-12-10-23(7)11-13-24;/h16-18H,8-15H2,1-7H3,(H2,20,21,22);1H. The van der Waals surface area contributed by atoms with Crippen LogP contribution in [0.5, 0.6) is 0 Å². The van der Waals surface area contributed by atoms with Gasteiger partial charge in [-0.15, -0.1) is 24.0 Å². The van der Waals surface area contributed by atoms with Crippen LogP contribution in [0.4, 0.5) is 0 Å². The van der Waals surface area contributed by atoms with Gasteiger partial charge in [0.2, 0.25) is 0 Å². The van der Waals surface area contributed by atoms with E-state index in [1.807, 2.05) is 7.05 Å². The van der Waals surface area contributed by atoms with E-state index in [-0.39, 0.29) is 24.0 Å². The van der Waals surface area contributed by atoms with Crippen LogP contribution in [0.3, 0.4) is 0 Å². The average Bonchev–Trinajstić information content (AvgIpc) is 2.55. The van der Waals surface area contributed by atoms with E-state index in [9.17, 15) is 0 Å². The molecule has 0 aromatic rings. The third-order valence-electron chi connectivity index (χ3n) is 5.00. The predicted octanol–water partition coefficient (Wildman–Crippen LogP) is 1.77. The molecule has 0 saturated carbocycles. The van der Waals surface area contributed by atoms with Crippen molar-refractivity contribution in [1.29, 1.82) is 0 Å². The maximum atomic E-state index is 4.36. The number of rotatable bonds is 9. The summed E-state index contributed by atoms with van der Waals surface area (Å²) in [6.07, 6.45) is 0. The Labute approximate surface area is 179 Å². The van der Waals surface area contributed by atoms with E-state index in [1.165, 1.54) is 26.2 Å². The largest absolute Gasteiger partial charge is 0.356 e. The second-order valence-corrected chi connectivity index (χ2v) is 8.01. The SMILES string of the molecule is CN=C(NCCN(C(C)C)C(C)C)NCC(C)CN1CCN(C)CC1.I. The van der Waals surface area contributed by atoms with Gasteiger partial charge in [0, 0.05) is 71.5 Å². The molecule has 2 N–H and O–H groups in total. The van der Waals surface area contributed by atoms with Crippen LogP contribution in [0.15, 0.2) is 4.99 Å². The lowest BCUT2D eigenvalue weighted by Gasteiger charge is -2.34. The molecule has 0 aliphatic carbocycles. The van der Waals surface area contributed by atoms with Crippen LogP contribution >= 0.6 is 24.0 Å². The highest BCUT2D eigenvalue weighted by Gasteiger charge is 2.16. The summed E-state index contributed by atoms with van der Waals surface area (Å²) in [5, 5.41) is 6.93. The Morgan fingerprint density at radius 2 is 1.58 bits per heavy atom. The van der Waals surface area contributed by atoms with Gasteiger partial charge in [0.15, 0.2) is 5.96 Å². The molecular weight excluding hydrogens is 439 g/mol. The highest BCUT2D eigenvalue weighted by atomic mass is 127. The molecule has 7 heteroatoms. The number of likely N-dealkylation sites (N-methyl/N-ethyl adjacent to an activating group) is 1. The summed E-state index contributed by atoms with van der Waals surface area (Å²) in [4.78, 5) is 11.8. The molecule has 26 heavy (non-hydrogen) atoms. The summed E-state index contributed by atoms with van der Waals surface area (Å²) in [5.74, 6) is 1.53. The molecule has 6 nitrogen and oxygen atoms in total. The molecule has 0 bridgehead atoms. The number of halogens is 1. The number of aliphatic imine (C=N–C) groups is 1. The Morgan fingerprint density at radius 1 is 1.00 bits per heavy atom. The van der Waals surface area contributed by atoms with E-state index in [0.717, 1.165) is 32.1 Å². The first-order chi connectivity index (χ1) is 11.8. The van der Waals surface area contributed by atoms with Gasteiger partial charge in [0.1, 0.15) is 0 Å². The van der Waals surface area contributed by atoms with Crippen molar-refractivity contribution in [3.05, 3.63) is 0 Å². The number of hydrogen-bond acceptors (Lipinski definition) is 4. The topological polar surface area (TPSA) is 46.1 Å². The van der Waals surface area contributed by atoms with Gasteiger partial charge in [0.25, 0.3) is 0 Å². The van der Waals surface area contributed by atoms with Gasteiger partial charge in [0.05, 0.1) is 0 Å². The monoisotopic (exact) mass is 482 g/mol. The van der Waals surface area contributed by atoms with Crippen molar-refractivity contribution in [1.82, 2.24) is 25.3 Å². The van der Waals surface area contributed by atoms with Gasteiger partial charge in [-0.25, -0.2) is 0 Å². The fourth-order valence-electron chi connectivity index (χ4n) is 3.44. The molecular formula is C19H43IN6. The maximum Gasteiger partial charge on any atom is 0.191 e. The maximum absolute atomic E-state index is 4.36. The minimum Gasteiger partial charge on any atom is -0.356 e. The molecule has 0 aromatic heterocycles. The number of guanidine groups is 1. The zero-order chi connectivity index (χ0) is 18.8. The van der Waals surface area contributed by atoms with Gasteiger partial charge in [-0.05, 0) is 40.7 Å². The molecule has 1 heterocycles. The quantitative estimate of drug-likeness (QED) is 0.298. The van der Waals surface area contributed by atoms with Gasteiger partial charge >= 0.3 is 0 Å². The zero-order valence-corrected chi connectivity index (χ0v) is 20.4. The first-order valence-electron chi connectivity index (χ1n) is 9.94. The van der Waals surface area contributed by atoms with E-state index in [0.29, 0.717) is 18.0 Å². The van der Waals surface area contributed by atoms with Crippen molar-refractivity contribution in [2.24, 2.45) is 10.9 Å². The molecule has 0 amide bonds. The summed E-state index contributed by atoms with van der Waals surface area (Å²) >= 11 is 0. The number of hydrogen-bond donors (Lipinski definition) is 2. The molecule has 0 aromatic carbocycles. The van der Waals surface area contributed by atoms with E-state index in [1.54, 1.807) is 0 Å². The first kappa shape index (κ1) is 25.9. The van der Waals surface area contributed by atoms with Gasteiger partial charge < -0.3 is 20.4 Å². The summed E-state index contributed by atoms with van der Waals surface area (Å²) < 4.78 is 0. The lowest BCUT2D eigenvalue weighted by atomic mass is 10.1. The Hall–Kier alpha value is -0.120. The molecule has 0 spiro atoms. The van der Waals surface area contributed by atoms with E-state index in [2.05, 4.69) is 72.0 Å². The van der Waals surface area contributed by atoms with Crippen molar-refractivity contribution in [2.75, 3.05) is 66.5 Å². The lowest BCUT2D eigenvalue weighted by Crippen LogP contribution is -2.48. The third kappa shape index (κ3) is 10.3. The predicted molar refractivity (Wildman–Crippen MR) is 125 cm³/mol. The van der Waals surface area contributed by atoms with Crippen LogP contribution in [0, 0.1) is 5.92 Å². The van der Waals surface area contributed by atoms with Crippen molar-refractivity contribution in [3.63, 3.8) is 0 Å². The van der Waals surface area contributed by atoms with Crippen LogP contribution < -0.4 is 10.6 Å². The molecule has 1 saturated heterocycles. The van der Waals surface area contributed by atoms with E-state index < -0.39 is 0 Å². The van der Waals surface area contributed by atoms with Crippen molar-refractivity contribution >= 4 is 29.9 Å². The number of nitrogens with zero attached hydrogens (tertiary/aromatic N) is 4. The van der Waals surface area contributed by atoms with Gasteiger partial charge in [-0.3, -0.25) is 9.89 Å². The van der Waals surface area contributed by atoms with Crippen LogP contribution in [0.1, 0.15) is 34.6 Å². The van der Waals surface area contributed by atoms with Crippen molar-refractivity contribution in [3.8, 4) is 0 Å². The molecule has 1 fully saturated rings. The molecule has 156 valence electrons. The lowest BCUT2D eigenvalue weighted by molar-refractivity contribution is 0.139. The normalized spacial score (nSPS) is 18.3. The fraction of sp³-hybridized carbons (Fsp3) is 0.947. The smallest absolute Gasteiger partial charge is 0.191 e. The van der Waals surface area contributed by atoms with Crippen molar-refractivity contribution < 1.29 is 0 Å². The Morgan fingerprint density at radius 3 is 2.08 bits per heavy atom. The summed E-state index contributed by atoms with van der Waals surface area (Å²) in [6.45, 7) is 20.2. The van der Waals surface area contributed by atoms with Gasteiger partial charge in [-0.2, -0.15) is 0 Å². The molecule has 1 aliphatic heterocycles. The second-order valence-electron chi connectivity index (χ2n) is 8.01. The van der Waals surface area contributed by atoms with Crippen LogP contribution in [0.25, 0.3) is 0 Å². The average molecular weight is 482 g/mol. The van der Waals surface area contributed by atoms with E-state index in [4.69, 9.17) is 0 Å². The highest BCUT2D eigenvalue weighted by molar-refractivity contribution is 14.0. The van der Waals surface area contributed by atoms with Crippen molar-refractivity contribution in [2.45, 2.75) is 46.7 Å². The summed E-state index contributed by atoms with van der Waals surface area (Å²) in [7, 11) is 4.06. The summed E-state index contributed by atoms with van der Waals surface area (Å²) in [6, 6.07) is 1.14. The van der Waals surface area contributed by atoms with Crippen LogP contribution in [-0.2, 0) is 0 Å². The van der Waals surface area contributed by atoms with E-state index >= 15 is 0 Å². The Balaban J connectivity index is 0.00000625. The zero-order valence-electron chi connectivity index (χ0n) is 18.1. The number of nitrogens with one attached hydrogen (secondary N) is 2.